The summed E-state index contributed by atoms with van der Waals surface area (Å²) in [5.74, 6) is -0.0264. The third-order valence-electron chi connectivity index (χ3n) is 2.79. The molecule has 0 heterocycles. The molecule has 0 radical (unpaired) electrons. The summed E-state index contributed by atoms with van der Waals surface area (Å²) in [6.45, 7) is 15.2. The van der Waals surface area contributed by atoms with E-state index < -0.39 is 8.80 Å². The number of hydrogen-bond acceptors (Lipinski definition) is 4. The molecule has 0 saturated carbocycles. The topological polar surface area (TPSA) is 48.0 Å². The molecule has 0 aromatic heterocycles. The highest BCUT2D eigenvalue weighted by atomic mass is 28.4. The number of amides is 1. The van der Waals surface area contributed by atoms with Crippen LogP contribution < -0.4 is 0 Å². The predicted octanol–water partition coefficient (Wildman–Crippen LogP) is 2.61. The van der Waals surface area contributed by atoms with Gasteiger partial charge in [0.2, 0.25) is 5.91 Å². The molecular weight excluding hydrogens is 274 g/mol. The maximum atomic E-state index is 11.7. The van der Waals surface area contributed by atoms with Gasteiger partial charge in [-0.05, 0) is 48.5 Å². The van der Waals surface area contributed by atoms with Crippen molar-refractivity contribution in [2.24, 2.45) is 0 Å². The Morgan fingerprint density at radius 2 is 1.15 bits per heavy atom. The number of nitrogens with zero attached hydrogens (tertiary/aromatic N) is 1. The molecular formula is C14H31NO4Si. The van der Waals surface area contributed by atoms with Crippen LogP contribution in [0.3, 0.4) is 0 Å². The maximum Gasteiger partial charge on any atom is 0.525 e. The number of carbonyl (C=O) groups is 1. The standard InChI is InChI=1S/C14H31NO4Si/c1-10(2)17-20(18-11(3)4,19-12(5)6)14(8)15(9)13(7)16/h10-12,14H,1-9H3. The van der Waals surface area contributed by atoms with Crippen LogP contribution in [0.2, 0.25) is 0 Å². The normalized spacial score (nSPS) is 14.2. The van der Waals surface area contributed by atoms with E-state index in [0.29, 0.717) is 0 Å². The van der Waals surface area contributed by atoms with E-state index in [4.69, 9.17) is 13.3 Å². The molecule has 6 heteroatoms. The lowest BCUT2D eigenvalue weighted by Crippen LogP contribution is -2.64. The van der Waals surface area contributed by atoms with Crippen LogP contribution in [-0.2, 0) is 18.1 Å². The molecule has 0 saturated heterocycles. The van der Waals surface area contributed by atoms with E-state index in [0.717, 1.165) is 0 Å². The van der Waals surface area contributed by atoms with Crippen molar-refractivity contribution >= 4 is 14.7 Å². The van der Waals surface area contributed by atoms with Gasteiger partial charge in [0, 0.05) is 32.3 Å². The van der Waals surface area contributed by atoms with Gasteiger partial charge in [-0.3, -0.25) is 4.79 Å². The van der Waals surface area contributed by atoms with Gasteiger partial charge in [0.1, 0.15) is 0 Å². The molecule has 0 rings (SSSR count). The van der Waals surface area contributed by atoms with Gasteiger partial charge in [-0.1, -0.05) is 0 Å². The van der Waals surface area contributed by atoms with E-state index in [1.54, 1.807) is 11.9 Å². The fourth-order valence-corrected chi connectivity index (χ4v) is 5.26. The van der Waals surface area contributed by atoms with E-state index in [9.17, 15) is 4.79 Å². The number of rotatable bonds is 8. The first-order valence-corrected chi connectivity index (χ1v) is 9.08. The molecule has 0 fully saturated rings. The van der Waals surface area contributed by atoms with E-state index in [1.807, 2.05) is 48.5 Å². The molecule has 0 bridgehead atoms. The first-order valence-electron chi connectivity index (χ1n) is 7.28. The molecule has 0 aromatic rings. The molecule has 0 aliphatic carbocycles. The summed E-state index contributed by atoms with van der Waals surface area (Å²) < 4.78 is 18.3. The lowest BCUT2D eigenvalue weighted by Gasteiger charge is -2.41. The van der Waals surface area contributed by atoms with Gasteiger partial charge < -0.3 is 18.2 Å². The second kappa shape index (κ2) is 8.12. The van der Waals surface area contributed by atoms with Crippen LogP contribution in [0.25, 0.3) is 0 Å². The third kappa shape index (κ3) is 5.91. The van der Waals surface area contributed by atoms with E-state index in [-0.39, 0.29) is 29.9 Å². The monoisotopic (exact) mass is 305 g/mol. The Labute approximate surface area is 124 Å². The van der Waals surface area contributed by atoms with Crippen LogP contribution in [0.15, 0.2) is 0 Å². The minimum atomic E-state index is -3.01. The Morgan fingerprint density at radius 3 is 1.35 bits per heavy atom. The number of hydrogen-bond donors (Lipinski definition) is 0. The van der Waals surface area contributed by atoms with Crippen LogP contribution in [0.1, 0.15) is 55.4 Å². The highest BCUT2D eigenvalue weighted by molar-refractivity contribution is 6.62. The Bertz CT molecular complexity index is 281. The third-order valence-corrected chi connectivity index (χ3v) is 6.60. The van der Waals surface area contributed by atoms with Crippen LogP contribution in [-0.4, -0.2) is 50.6 Å². The average molecular weight is 305 g/mol. The highest BCUT2D eigenvalue weighted by Crippen LogP contribution is 2.24. The van der Waals surface area contributed by atoms with Crippen molar-refractivity contribution in [3.05, 3.63) is 0 Å². The Balaban J connectivity index is 5.49. The average Bonchev–Trinajstić information content (AvgIpc) is 2.23. The summed E-state index contributed by atoms with van der Waals surface area (Å²) in [5.41, 5.74) is -0.229. The fourth-order valence-electron chi connectivity index (χ4n) is 1.87. The van der Waals surface area contributed by atoms with Gasteiger partial charge in [-0.15, -0.1) is 0 Å². The van der Waals surface area contributed by atoms with Crippen LogP contribution >= 0.6 is 0 Å². The zero-order valence-corrected chi connectivity index (χ0v) is 15.4. The molecule has 1 unspecified atom stereocenters. The lowest BCUT2D eigenvalue weighted by atomic mass is 10.5. The van der Waals surface area contributed by atoms with Crippen LogP contribution in [0.5, 0.6) is 0 Å². The van der Waals surface area contributed by atoms with Gasteiger partial charge in [-0.25, -0.2) is 0 Å². The van der Waals surface area contributed by atoms with Crippen LogP contribution in [0, 0.1) is 0 Å². The van der Waals surface area contributed by atoms with Gasteiger partial charge in [-0.2, -0.15) is 0 Å². The molecule has 0 N–H and O–H groups in total. The lowest BCUT2D eigenvalue weighted by molar-refractivity contribution is -0.130. The second-order valence-electron chi connectivity index (χ2n) is 5.91. The first kappa shape index (κ1) is 19.6. The maximum absolute atomic E-state index is 11.7. The van der Waals surface area contributed by atoms with Crippen molar-refractivity contribution < 1.29 is 18.1 Å². The van der Waals surface area contributed by atoms with Crippen molar-refractivity contribution in [2.75, 3.05) is 7.05 Å². The minimum Gasteiger partial charge on any atom is -0.370 e. The highest BCUT2D eigenvalue weighted by Gasteiger charge is 2.52. The van der Waals surface area contributed by atoms with Gasteiger partial charge in [0.05, 0.1) is 5.67 Å². The zero-order valence-electron chi connectivity index (χ0n) is 14.4. The fraction of sp³-hybridized carbons (Fsp3) is 0.929. The van der Waals surface area contributed by atoms with Crippen molar-refractivity contribution in [2.45, 2.75) is 79.4 Å². The Morgan fingerprint density at radius 1 is 0.850 bits per heavy atom. The molecule has 120 valence electrons. The quantitative estimate of drug-likeness (QED) is 0.647. The summed E-state index contributed by atoms with van der Waals surface area (Å²) >= 11 is 0. The largest absolute Gasteiger partial charge is 0.525 e. The molecule has 1 atom stereocenters. The van der Waals surface area contributed by atoms with Crippen molar-refractivity contribution in [1.29, 1.82) is 0 Å². The first-order chi connectivity index (χ1) is 9.01. The summed E-state index contributed by atoms with van der Waals surface area (Å²) in [6.07, 6.45) is -0.0778. The van der Waals surface area contributed by atoms with E-state index in [1.165, 1.54) is 6.92 Å². The van der Waals surface area contributed by atoms with Gasteiger partial charge >= 0.3 is 8.80 Å². The van der Waals surface area contributed by atoms with Gasteiger partial charge in [0.25, 0.3) is 0 Å². The Hall–Kier alpha value is -0.433. The summed E-state index contributed by atoms with van der Waals surface area (Å²) in [4.78, 5) is 13.3. The predicted molar refractivity (Wildman–Crippen MR) is 82.3 cm³/mol. The van der Waals surface area contributed by atoms with Gasteiger partial charge in [0.15, 0.2) is 0 Å². The summed E-state index contributed by atoms with van der Waals surface area (Å²) in [6, 6.07) is 0. The smallest absolute Gasteiger partial charge is 0.370 e. The molecule has 1 amide bonds. The minimum absolute atomic E-state index is 0.0259. The molecule has 5 nitrogen and oxygen atoms in total. The summed E-state index contributed by atoms with van der Waals surface area (Å²) in [7, 11) is -1.25. The van der Waals surface area contributed by atoms with Crippen molar-refractivity contribution in [1.82, 2.24) is 4.90 Å². The SMILES string of the molecule is CC(=O)N(C)C(C)[Si](OC(C)C)(OC(C)C)OC(C)C. The molecule has 0 aromatic carbocycles. The summed E-state index contributed by atoms with van der Waals surface area (Å²) in [5, 5.41) is 0. The number of carbonyl (C=O) groups excluding carboxylic acids is 1. The van der Waals surface area contributed by atoms with Crippen molar-refractivity contribution in [3.63, 3.8) is 0 Å². The molecule has 0 aliphatic heterocycles. The van der Waals surface area contributed by atoms with Crippen molar-refractivity contribution in [3.8, 4) is 0 Å². The zero-order chi connectivity index (χ0) is 16.1. The Kier molecular flexibility index (Phi) is 7.94. The molecule has 0 aliphatic rings. The molecule has 20 heavy (non-hydrogen) atoms. The van der Waals surface area contributed by atoms with E-state index in [2.05, 4.69) is 0 Å². The second-order valence-corrected chi connectivity index (χ2v) is 8.66. The van der Waals surface area contributed by atoms with Crippen LogP contribution in [0.4, 0.5) is 0 Å². The molecule has 0 spiro atoms. The van der Waals surface area contributed by atoms with E-state index >= 15 is 0 Å².